The molecule has 3 saturated carbocycles. The van der Waals surface area contributed by atoms with E-state index in [1.165, 1.54) is 38.5 Å². The summed E-state index contributed by atoms with van der Waals surface area (Å²) < 4.78 is 0. The normalized spacial score (nSPS) is 33.4. The third-order valence-corrected chi connectivity index (χ3v) is 7.14. The van der Waals surface area contributed by atoms with E-state index in [2.05, 4.69) is 15.5 Å². The second-order valence-corrected chi connectivity index (χ2v) is 8.83. The fourth-order valence-electron chi connectivity index (χ4n) is 5.69. The predicted molar refractivity (Wildman–Crippen MR) is 97.1 cm³/mol. The van der Waals surface area contributed by atoms with Gasteiger partial charge in [0.2, 0.25) is 5.91 Å². The zero-order valence-electron chi connectivity index (χ0n) is 15.3. The Morgan fingerprint density at radius 3 is 2.04 bits per heavy atom. The lowest BCUT2D eigenvalue weighted by molar-refractivity contribution is -0.138. The van der Waals surface area contributed by atoms with E-state index in [0.717, 1.165) is 51.1 Å². The molecule has 0 spiro atoms. The molecule has 3 atom stereocenters. The molecule has 0 unspecified atom stereocenters. The summed E-state index contributed by atoms with van der Waals surface area (Å²) in [5, 5.41) is 6.27. The number of likely N-dealkylation sites (tertiary alicyclic amines) is 1. The fourth-order valence-corrected chi connectivity index (χ4v) is 5.69. The van der Waals surface area contributed by atoms with Gasteiger partial charge in [0.1, 0.15) is 0 Å². The first kappa shape index (κ1) is 17.2. The number of amides is 3. The van der Waals surface area contributed by atoms with Gasteiger partial charge in [-0.3, -0.25) is 4.79 Å². The van der Waals surface area contributed by atoms with E-state index in [-0.39, 0.29) is 12.1 Å². The van der Waals surface area contributed by atoms with Crippen molar-refractivity contribution in [3.8, 4) is 0 Å². The number of fused-ring (bicyclic) bond motifs is 2. The summed E-state index contributed by atoms with van der Waals surface area (Å²) in [6.07, 6.45) is 12.8. The molecular weight excluding hydrogens is 314 g/mol. The lowest BCUT2D eigenvalue weighted by Gasteiger charge is -2.35. The van der Waals surface area contributed by atoms with Gasteiger partial charge in [-0.1, -0.05) is 25.7 Å². The molecule has 4 rings (SSSR count). The Hall–Kier alpha value is -1.26. The minimum atomic E-state index is -0.00946. The molecule has 0 radical (unpaired) electrons. The van der Waals surface area contributed by atoms with E-state index in [1.807, 2.05) is 0 Å². The molecule has 1 saturated heterocycles. The van der Waals surface area contributed by atoms with E-state index in [0.29, 0.717) is 23.8 Å². The molecule has 2 N–H and O–H groups in total. The Bertz CT molecular complexity index is 495. The Kier molecular flexibility index (Phi) is 5.18. The third kappa shape index (κ3) is 3.95. The third-order valence-electron chi connectivity index (χ3n) is 7.14. The monoisotopic (exact) mass is 347 g/mol. The van der Waals surface area contributed by atoms with E-state index < -0.39 is 0 Å². The average Bonchev–Trinajstić information content (AvgIpc) is 3.26. The summed E-state index contributed by atoms with van der Waals surface area (Å²) >= 11 is 0. The second-order valence-electron chi connectivity index (χ2n) is 8.83. The van der Waals surface area contributed by atoms with Gasteiger partial charge in [0.15, 0.2) is 0 Å². The van der Waals surface area contributed by atoms with Gasteiger partial charge in [0.05, 0.1) is 0 Å². The first-order valence-corrected chi connectivity index (χ1v) is 10.5. The van der Waals surface area contributed by atoms with Crippen molar-refractivity contribution in [1.82, 2.24) is 15.5 Å². The molecule has 25 heavy (non-hydrogen) atoms. The summed E-state index contributed by atoms with van der Waals surface area (Å²) in [6, 6.07) is 0.561. The Balaban J connectivity index is 1.19. The minimum Gasteiger partial charge on any atom is -0.342 e. The van der Waals surface area contributed by atoms with Gasteiger partial charge in [0, 0.05) is 31.1 Å². The van der Waals surface area contributed by atoms with Crippen molar-refractivity contribution in [3.05, 3.63) is 0 Å². The smallest absolute Gasteiger partial charge is 0.315 e. The Morgan fingerprint density at radius 1 is 0.760 bits per heavy atom. The highest BCUT2D eigenvalue weighted by Gasteiger charge is 2.44. The van der Waals surface area contributed by atoms with Crippen LogP contribution in [0.2, 0.25) is 0 Å². The summed E-state index contributed by atoms with van der Waals surface area (Å²) in [5.41, 5.74) is 0. The average molecular weight is 348 g/mol. The van der Waals surface area contributed by atoms with Crippen LogP contribution in [0.4, 0.5) is 4.79 Å². The first-order valence-electron chi connectivity index (χ1n) is 10.5. The van der Waals surface area contributed by atoms with Gasteiger partial charge in [-0.2, -0.15) is 0 Å². The molecule has 3 aliphatic carbocycles. The van der Waals surface area contributed by atoms with E-state index in [1.54, 1.807) is 0 Å². The van der Waals surface area contributed by atoms with Gasteiger partial charge < -0.3 is 15.5 Å². The first-order chi connectivity index (χ1) is 12.2. The predicted octanol–water partition coefficient (Wildman–Crippen LogP) is 3.05. The van der Waals surface area contributed by atoms with Crippen LogP contribution in [0.5, 0.6) is 0 Å². The standard InChI is InChI=1S/C20H33N3O2/c24-19(18-13-14-6-7-15(18)12-14)23-10-8-17(9-11-23)22-20(25)21-16-4-2-1-3-5-16/h14-18H,1-13H2,(H2,21,22,25)/t14-,15-,18-/m0/s1. The molecule has 4 aliphatic rings. The SMILES string of the molecule is O=C(NC1CCCCC1)NC1CCN(C(=O)[C@H]2C[C@H]3CC[C@H]2C3)CC1. The van der Waals surface area contributed by atoms with Crippen molar-refractivity contribution in [2.75, 3.05) is 13.1 Å². The second kappa shape index (κ2) is 7.55. The van der Waals surface area contributed by atoms with E-state index in [4.69, 9.17) is 0 Å². The van der Waals surface area contributed by atoms with Crippen molar-refractivity contribution in [1.29, 1.82) is 0 Å². The Morgan fingerprint density at radius 2 is 1.44 bits per heavy atom. The molecule has 4 fully saturated rings. The lowest BCUT2D eigenvalue weighted by Crippen LogP contribution is -2.52. The largest absolute Gasteiger partial charge is 0.342 e. The highest BCUT2D eigenvalue weighted by molar-refractivity contribution is 5.80. The molecular formula is C20H33N3O2. The number of piperidine rings is 1. The van der Waals surface area contributed by atoms with Gasteiger partial charge in [-0.15, -0.1) is 0 Å². The van der Waals surface area contributed by atoms with Crippen LogP contribution in [0.1, 0.15) is 70.6 Å². The zero-order valence-corrected chi connectivity index (χ0v) is 15.3. The number of nitrogens with one attached hydrogen (secondary N) is 2. The molecule has 0 aromatic heterocycles. The quantitative estimate of drug-likeness (QED) is 0.824. The summed E-state index contributed by atoms with van der Waals surface area (Å²) in [6.45, 7) is 1.61. The van der Waals surface area contributed by atoms with Crippen molar-refractivity contribution in [3.63, 3.8) is 0 Å². The number of rotatable bonds is 3. The summed E-state index contributed by atoms with van der Waals surface area (Å²) in [4.78, 5) is 27.1. The lowest BCUT2D eigenvalue weighted by atomic mass is 9.87. The molecule has 1 heterocycles. The maximum absolute atomic E-state index is 12.8. The maximum atomic E-state index is 12.8. The number of carbonyl (C=O) groups excluding carboxylic acids is 2. The summed E-state index contributed by atoms with van der Waals surface area (Å²) in [5.74, 6) is 2.19. The Labute approximate surface area is 151 Å². The van der Waals surface area contributed by atoms with Crippen molar-refractivity contribution in [2.24, 2.45) is 17.8 Å². The van der Waals surface area contributed by atoms with E-state index in [9.17, 15) is 9.59 Å². The molecule has 140 valence electrons. The van der Waals surface area contributed by atoms with Gasteiger partial charge in [0.25, 0.3) is 0 Å². The molecule has 5 heteroatoms. The van der Waals surface area contributed by atoms with Crippen molar-refractivity contribution >= 4 is 11.9 Å². The number of nitrogens with zero attached hydrogens (tertiary/aromatic N) is 1. The molecule has 5 nitrogen and oxygen atoms in total. The van der Waals surface area contributed by atoms with Crippen LogP contribution < -0.4 is 10.6 Å². The highest BCUT2D eigenvalue weighted by atomic mass is 16.2. The van der Waals surface area contributed by atoms with Crippen LogP contribution in [0.3, 0.4) is 0 Å². The number of urea groups is 1. The van der Waals surface area contributed by atoms with Crippen LogP contribution in [-0.2, 0) is 4.79 Å². The molecule has 0 aromatic rings. The fraction of sp³-hybridized carbons (Fsp3) is 0.900. The summed E-state index contributed by atoms with van der Waals surface area (Å²) in [7, 11) is 0. The van der Waals surface area contributed by atoms with Crippen LogP contribution >= 0.6 is 0 Å². The van der Waals surface area contributed by atoms with E-state index >= 15 is 0 Å². The van der Waals surface area contributed by atoms with Crippen LogP contribution in [0.15, 0.2) is 0 Å². The molecule has 2 bridgehead atoms. The molecule has 0 aromatic carbocycles. The van der Waals surface area contributed by atoms with Crippen LogP contribution in [0.25, 0.3) is 0 Å². The zero-order chi connectivity index (χ0) is 17.2. The van der Waals surface area contributed by atoms with Gasteiger partial charge >= 0.3 is 6.03 Å². The molecule has 3 amide bonds. The number of carbonyl (C=O) groups is 2. The maximum Gasteiger partial charge on any atom is 0.315 e. The van der Waals surface area contributed by atoms with Gasteiger partial charge in [-0.25, -0.2) is 4.79 Å². The molecule has 1 aliphatic heterocycles. The topological polar surface area (TPSA) is 61.4 Å². The van der Waals surface area contributed by atoms with Gasteiger partial charge in [-0.05, 0) is 56.8 Å². The number of hydrogen-bond donors (Lipinski definition) is 2. The highest BCUT2D eigenvalue weighted by Crippen LogP contribution is 2.49. The van der Waals surface area contributed by atoms with Crippen molar-refractivity contribution < 1.29 is 9.59 Å². The number of hydrogen-bond acceptors (Lipinski definition) is 2. The van der Waals surface area contributed by atoms with Crippen LogP contribution in [-0.4, -0.2) is 42.0 Å². The van der Waals surface area contributed by atoms with Crippen LogP contribution in [0, 0.1) is 17.8 Å². The van der Waals surface area contributed by atoms with Crippen molar-refractivity contribution in [2.45, 2.75) is 82.7 Å². The minimum absolute atomic E-state index is 0.00946.